The van der Waals surface area contributed by atoms with Crippen molar-refractivity contribution in [1.29, 1.82) is 0 Å². The van der Waals surface area contributed by atoms with E-state index in [2.05, 4.69) is 0 Å². The van der Waals surface area contributed by atoms with Gasteiger partial charge >= 0.3 is 29.6 Å². The van der Waals surface area contributed by atoms with Gasteiger partial charge in [0, 0.05) is 0 Å². The van der Waals surface area contributed by atoms with Crippen LogP contribution in [0.3, 0.4) is 0 Å². The molecule has 0 bridgehead atoms. The van der Waals surface area contributed by atoms with Crippen LogP contribution in [0.5, 0.6) is 0 Å². The fourth-order valence-corrected chi connectivity index (χ4v) is 4.43. The molecule has 23 heavy (non-hydrogen) atoms. The predicted octanol–water partition coefficient (Wildman–Crippen LogP) is 0.286. The number of hydrogen-bond acceptors (Lipinski definition) is 4. The molecule has 0 fully saturated rings. The first-order valence-electron chi connectivity index (χ1n) is 7.81. The van der Waals surface area contributed by atoms with Crippen molar-refractivity contribution in [2.24, 2.45) is 0 Å². The fourth-order valence-electron chi connectivity index (χ4n) is 3.93. The first kappa shape index (κ1) is 21.1. The zero-order chi connectivity index (χ0) is 16.8. The Bertz CT molecular complexity index is 667. The number of benzene rings is 1. The van der Waals surface area contributed by atoms with Crippen LogP contribution < -0.4 is 29.6 Å². The maximum absolute atomic E-state index is 13.2. The predicted molar refractivity (Wildman–Crippen MR) is 81.5 cm³/mol. The van der Waals surface area contributed by atoms with E-state index in [0.717, 1.165) is 10.6 Å². The Morgan fingerprint density at radius 1 is 0.957 bits per heavy atom. The molecule has 0 aromatic heterocycles. The molecule has 1 aromatic carbocycles. The van der Waals surface area contributed by atoms with E-state index in [1.54, 1.807) is 6.07 Å². The van der Waals surface area contributed by atoms with Gasteiger partial charge in [-0.1, -0.05) is 33.8 Å². The molecule has 1 aliphatic heterocycles. The second-order valence-corrected chi connectivity index (χ2v) is 7.31. The molecule has 2 rings (SSSR count). The Hall–Kier alpha value is 0.0500. The quantitative estimate of drug-likeness (QED) is 0.566. The van der Waals surface area contributed by atoms with E-state index in [4.69, 9.17) is 0 Å². The molecule has 1 radical (unpaired) electrons. The van der Waals surface area contributed by atoms with Crippen molar-refractivity contribution in [1.82, 2.24) is 5.06 Å². The average molecular weight is 348 g/mol. The van der Waals surface area contributed by atoms with Crippen LogP contribution in [0.1, 0.15) is 64.5 Å². The average Bonchev–Trinajstić information content (AvgIpc) is 2.71. The standard InChI is InChI=1S/C16H24NO4S.Na/c1-5-15(6-2)13-10-9-12(22(19,20)21)11-14(13)16(7-3,8-4)17(15)18;/h9-11H,5-8H2,1-4H3,(H,19,20,21);/q;+1/p-1. The number of nitrogens with zero attached hydrogens (tertiary/aromatic N) is 1. The first-order chi connectivity index (χ1) is 10.2. The van der Waals surface area contributed by atoms with Gasteiger partial charge in [-0.15, -0.1) is 10.3 Å². The molecule has 0 atom stereocenters. The van der Waals surface area contributed by atoms with Gasteiger partial charge in [-0.05, 0) is 48.9 Å². The SMILES string of the molecule is CCC1(CC)c2ccc(S(=O)(=O)[O-])cc2C(CC)(CC)N1[O].[Na+]. The zero-order valence-electron chi connectivity index (χ0n) is 14.5. The van der Waals surface area contributed by atoms with Gasteiger partial charge in [-0.2, -0.15) is 0 Å². The summed E-state index contributed by atoms with van der Waals surface area (Å²) in [6.07, 6.45) is 2.44. The van der Waals surface area contributed by atoms with Gasteiger partial charge < -0.3 is 4.55 Å². The van der Waals surface area contributed by atoms with Gasteiger partial charge in [0.15, 0.2) is 0 Å². The monoisotopic (exact) mass is 348 g/mol. The van der Waals surface area contributed by atoms with E-state index in [1.165, 1.54) is 12.1 Å². The molecular formula is C16H23NNaO4S. The summed E-state index contributed by atoms with van der Waals surface area (Å²) in [7, 11) is -4.53. The van der Waals surface area contributed by atoms with E-state index in [0.29, 0.717) is 31.2 Å². The van der Waals surface area contributed by atoms with E-state index in [9.17, 15) is 18.2 Å². The first-order valence-corrected chi connectivity index (χ1v) is 9.22. The molecule has 0 unspecified atom stereocenters. The molecule has 0 spiro atoms. The van der Waals surface area contributed by atoms with E-state index < -0.39 is 21.2 Å². The summed E-state index contributed by atoms with van der Waals surface area (Å²) < 4.78 is 34.1. The smallest absolute Gasteiger partial charge is 0.744 e. The van der Waals surface area contributed by atoms with Crippen LogP contribution in [0, 0.1) is 0 Å². The van der Waals surface area contributed by atoms with Gasteiger partial charge in [0.2, 0.25) is 0 Å². The number of hydrogen-bond donors (Lipinski definition) is 0. The third kappa shape index (κ3) is 2.92. The summed E-state index contributed by atoms with van der Waals surface area (Å²) in [6.45, 7) is 7.80. The number of hydroxylamine groups is 2. The summed E-state index contributed by atoms with van der Waals surface area (Å²) in [4.78, 5) is -0.256. The number of rotatable bonds is 5. The summed E-state index contributed by atoms with van der Waals surface area (Å²) >= 11 is 0. The van der Waals surface area contributed by atoms with Crippen LogP contribution in [0.25, 0.3) is 0 Å². The van der Waals surface area contributed by atoms with E-state index in [-0.39, 0.29) is 34.5 Å². The van der Waals surface area contributed by atoms with Crippen LogP contribution in [-0.4, -0.2) is 18.0 Å². The van der Waals surface area contributed by atoms with E-state index in [1.807, 2.05) is 27.7 Å². The molecule has 1 heterocycles. The Morgan fingerprint density at radius 3 is 1.78 bits per heavy atom. The third-order valence-electron chi connectivity index (χ3n) is 5.40. The fraction of sp³-hybridized carbons (Fsp3) is 0.625. The third-order valence-corrected chi connectivity index (χ3v) is 6.23. The minimum absolute atomic E-state index is 0. The maximum Gasteiger partial charge on any atom is 1.00 e. The van der Waals surface area contributed by atoms with Gasteiger partial charge in [0.25, 0.3) is 0 Å². The molecule has 1 aliphatic rings. The minimum Gasteiger partial charge on any atom is -0.744 e. The maximum atomic E-state index is 13.2. The van der Waals surface area contributed by atoms with Gasteiger partial charge in [0.1, 0.15) is 10.1 Å². The van der Waals surface area contributed by atoms with Gasteiger partial charge in [0.05, 0.1) is 16.0 Å². The van der Waals surface area contributed by atoms with Crippen molar-refractivity contribution in [3.63, 3.8) is 0 Å². The van der Waals surface area contributed by atoms with Crippen molar-refractivity contribution in [3.05, 3.63) is 29.3 Å². The summed E-state index contributed by atoms with van der Waals surface area (Å²) in [5, 5.41) is 14.3. The van der Waals surface area contributed by atoms with Crippen LogP contribution >= 0.6 is 0 Å². The van der Waals surface area contributed by atoms with E-state index >= 15 is 0 Å². The number of fused-ring (bicyclic) bond motifs is 1. The van der Waals surface area contributed by atoms with Crippen LogP contribution in [0.2, 0.25) is 0 Å². The van der Waals surface area contributed by atoms with Crippen molar-refractivity contribution < 1.29 is 47.7 Å². The molecule has 7 heteroatoms. The Labute approximate surface area is 161 Å². The molecule has 5 nitrogen and oxygen atoms in total. The van der Waals surface area contributed by atoms with Crippen LogP contribution in [0.4, 0.5) is 0 Å². The molecule has 0 saturated heterocycles. The van der Waals surface area contributed by atoms with Crippen LogP contribution in [-0.2, 0) is 26.4 Å². The van der Waals surface area contributed by atoms with Crippen molar-refractivity contribution in [2.45, 2.75) is 69.4 Å². The Morgan fingerprint density at radius 2 is 1.39 bits per heavy atom. The second-order valence-electron chi connectivity index (χ2n) is 5.93. The summed E-state index contributed by atoms with van der Waals surface area (Å²) in [5.74, 6) is 0. The van der Waals surface area contributed by atoms with Crippen molar-refractivity contribution >= 4 is 10.1 Å². The molecular weight excluding hydrogens is 325 g/mol. The Balaban J connectivity index is 0.00000264. The zero-order valence-corrected chi connectivity index (χ0v) is 17.4. The summed E-state index contributed by atoms with van der Waals surface area (Å²) in [5.41, 5.74) is 0.158. The van der Waals surface area contributed by atoms with Crippen molar-refractivity contribution in [2.75, 3.05) is 0 Å². The normalized spacial score (nSPS) is 19.2. The molecule has 0 amide bonds. The summed E-state index contributed by atoms with van der Waals surface area (Å²) in [6, 6.07) is 4.41. The molecule has 123 valence electrons. The van der Waals surface area contributed by atoms with Gasteiger partial charge in [-0.25, -0.2) is 8.42 Å². The molecule has 0 saturated carbocycles. The van der Waals surface area contributed by atoms with Crippen LogP contribution in [0.15, 0.2) is 23.1 Å². The second kappa shape index (κ2) is 7.12. The molecule has 0 aliphatic carbocycles. The van der Waals surface area contributed by atoms with Gasteiger partial charge in [-0.3, -0.25) is 0 Å². The molecule has 1 aromatic rings. The molecule has 0 N–H and O–H groups in total. The topological polar surface area (TPSA) is 80.3 Å². The largest absolute Gasteiger partial charge is 1.00 e. The van der Waals surface area contributed by atoms with Crippen molar-refractivity contribution in [3.8, 4) is 0 Å². The minimum atomic E-state index is -4.53. The Kier molecular flexibility index (Phi) is 6.53.